The van der Waals surface area contributed by atoms with Gasteiger partial charge in [-0.15, -0.1) is 24.0 Å². The first-order chi connectivity index (χ1) is 8.63. The van der Waals surface area contributed by atoms with Gasteiger partial charge in [-0.3, -0.25) is 4.99 Å². The summed E-state index contributed by atoms with van der Waals surface area (Å²) in [4.78, 5) is 6.98. The van der Waals surface area contributed by atoms with Crippen molar-refractivity contribution in [3.05, 3.63) is 0 Å². The Morgan fingerprint density at radius 2 is 1.89 bits per heavy atom. The maximum Gasteiger partial charge on any atom is 0.188 e. The first-order valence-corrected chi connectivity index (χ1v) is 7.44. The Morgan fingerprint density at radius 3 is 2.47 bits per heavy atom. The van der Waals surface area contributed by atoms with Gasteiger partial charge in [0.05, 0.1) is 0 Å². The van der Waals surface area contributed by atoms with Crippen molar-refractivity contribution in [2.24, 2.45) is 10.7 Å². The second-order valence-electron chi connectivity index (χ2n) is 5.45. The third-order valence-corrected chi connectivity index (χ3v) is 3.85. The topological polar surface area (TPSA) is 53.6 Å². The first kappa shape index (κ1) is 19.0. The van der Waals surface area contributed by atoms with Crippen molar-refractivity contribution < 1.29 is 0 Å². The quantitative estimate of drug-likeness (QED) is 0.422. The van der Waals surface area contributed by atoms with E-state index in [1.54, 1.807) is 0 Å². The van der Waals surface area contributed by atoms with Crippen molar-refractivity contribution in [2.75, 3.05) is 19.6 Å². The van der Waals surface area contributed by atoms with Gasteiger partial charge in [0.2, 0.25) is 0 Å². The highest BCUT2D eigenvalue weighted by Gasteiger charge is 2.15. The van der Waals surface area contributed by atoms with E-state index >= 15 is 0 Å². The van der Waals surface area contributed by atoms with E-state index in [4.69, 9.17) is 5.73 Å². The van der Waals surface area contributed by atoms with Crippen molar-refractivity contribution in [2.45, 2.75) is 65.0 Å². The summed E-state index contributed by atoms with van der Waals surface area (Å²) in [5, 5.41) is 3.20. The monoisotopic (exact) mass is 382 g/mol. The standard InChI is InChI=1S/C14H30N4.HI/c1-4-12(2)17-14(15)16-9-8-13(3)18-10-6-5-7-11-18;/h12-13H,4-11H2,1-3H3,(H3,15,16,17);1H. The fourth-order valence-electron chi connectivity index (χ4n) is 2.31. The number of hydrogen-bond acceptors (Lipinski definition) is 2. The van der Waals surface area contributed by atoms with Gasteiger partial charge in [0.25, 0.3) is 0 Å². The molecular formula is C14H31IN4. The van der Waals surface area contributed by atoms with Crippen LogP contribution in [0, 0.1) is 0 Å². The third kappa shape index (κ3) is 7.97. The zero-order chi connectivity index (χ0) is 13.4. The average molecular weight is 382 g/mol. The fourth-order valence-corrected chi connectivity index (χ4v) is 2.31. The summed E-state index contributed by atoms with van der Waals surface area (Å²) < 4.78 is 0. The van der Waals surface area contributed by atoms with Gasteiger partial charge in [-0.25, -0.2) is 0 Å². The van der Waals surface area contributed by atoms with Gasteiger partial charge in [-0.1, -0.05) is 13.3 Å². The Kier molecular flexibility index (Phi) is 10.7. The van der Waals surface area contributed by atoms with Crippen molar-refractivity contribution in [1.29, 1.82) is 0 Å². The van der Waals surface area contributed by atoms with E-state index in [0.717, 1.165) is 19.4 Å². The molecule has 1 fully saturated rings. The normalized spacial score (nSPS) is 20.5. The van der Waals surface area contributed by atoms with Crippen LogP contribution in [0.4, 0.5) is 0 Å². The number of likely N-dealkylation sites (tertiary alicyclic amines) is 1. The number of hydrogen-bond donors (Lipinski definition) is 2. The number of halogens is 1. The van der Waals surface area contributed by atoms with E-state index in [1.807, 2.05) is 0 Å². The van der Waals surface area contributed by atoms with Crippen LogP contribution in [0.15, 0.2) is 4.99 Å². The van der Waals surface area contributed by atoms with Gasteiger partial charge < -0.3 is 16.0 Å². The van der Waals surface area contributed by atoms with E-state index in [9.17, 15) is 0 Å². The van der Waals surface area contributed by atoms with Gasteiger partial charge in [-0.2, -0.15) is 0 Å². The molecule has 2 unspecified atom stereocenters. The Bertz CT molecular complexity index is 252. The minimum Gasteiger partial charge on any atom is -0.370 e. The van der Waals surface area contributed by atoms with Crippen molar-refractivity contribution >= 4 is 29.9 Å². The molecule has 4 nitrogen and oxygen atoms in total. The molecule has 5 heteroatoms. The zero-order valence-electron chi connectivity index (χ0n) is 12.7. The molecule has 19 heavy (non-hydrogen) atoms. The Hall–Kier alpha value is -0.0400. The summed E-state index contributed by atoms with van der Waals surface area (Å²) in [5.74, 6) is 0.593. The number of aliphatic imine (C=N–C) groups is 1. The lowest BCUT2D eigenvalue weighted by molar-refractivity contribution is 0.168. The van der Waals surface area contributed by atoms with Crippen LogP contribution in [0.2, 0.25) is 0 Å². The molecule has 114 valence electrons. The molecule has 0 aromatic carbocycles. The molecular weight excluding hydrogens is 351 g/mol. The summed E-state index contributed by atoms with van der Waals surface area (Å²) in [6.45, 7) is 9.91. The lowest BCUT2D eigenvalue weighted by Gasteiger charge is -2.32. The van der Waals surface area contributed by atoms with Crippen LogP contribution in [0.25, 0.3) is 0 Å². The van der Waals surface area contributed by atoms with E-state index in [0.29, 0.717) is 18.0 Å². The minimum absolute atomic E-state index is 0. The van der Waals surface area contributed by atoms with Crippen LogP contribution >= 0.6 is 24.0 Å². The highest BCUT2D eigenvalue weighted by atomic mass is 127. The second kappa shape index (κ2) is 10.7. The molecule has 0 aromatic heterocycles. The molecule has 0 spiro atoms. The average Bonchev–Trinajstić information content (AvgIpc) is 2.39. The Morgan fingerprint density at radius 1 is 1.26 bits per heavy atom. The molecule has 0 saturated carbocycles. The molecule has 3 N–H and O–H groups in total. The second-order valence-corrected chi connectivity index (χ2v) is 5.45. The summed E-state index contributed by atoms with van der Waals surface area (Å²) in [6.07, 6.45) is 6.27. The molecule has 0 radical (unpaired) electrons. The number of nitrogens with two attached hydrogens (primary N) is 1. The van der Waals surface area contributed by atoms with Crippen molar-refractivity contribution in [1.82, 2.24) is 10.2 Å². The zero-order valence-corrected chi connectivity index (χ0v) is 15.0. The van der Waals surface area contributed by atoms with Crippen LogP contribution < -0.4 is 11.1 Å². The van der Waals surface area contributed by atoms with E-state index in [1.165, 1.54) is 32.4 Å². The Labute approximate surface area is 135 Å². The Balaban J connectivity index is 0.00000324. The molecule has 1 saturated heterocycles. The number of guanidine groups is 1. The molecule has 2 atom stereocenters. The largest absolute Gasteiger partial charge is 0.370 e. The van der Waals surface area contributed by atoms with Gasteiger partial charge in [0, 0.05) is 18.6 Å². The van der Waals surface area contributed by atoms with Gasteiger partial charge in [0.15, 0.2) is 5.96 Å². The van der Waals surface area contributed by atoms with Gasteiger partial charge in [-0.05, 0) is 52.6 Å². The van der Waals surface area contributed by atoms with E-state index in [-0.39, 0.29) is 24.0 Å². The number of nitrogens with one attached hydrogen (secondary N) is 1. The first-order valence-electron chi connectivity index (χ1n) is 7.44. The highest BCUT2D eigenvalue weighted by molar-refractivity contribution is 14.0. The molecule has 0 aliphatic carbocycles. The van der Waals surface area contributed by atoms with Crippen molar-refractivity contribution in [3.8, 4) is 0 Å². The SMILES string of the molecule is CCC(C)NC(N)=NCCC(C)N1CCCCC1.I. The maximum atomic E-state index is 5.84. The maximum absolute atomic E-state index is 5.84. The number of piperidine rings is 1. The minimum atomic E-state index is 0. The van der Waals surface area contributed by atoms with Gasteiger partial charge >= 0.3 is 0 Å². The highest BCUT2D eigenvalue weighted by Crippen LogP contribution is 2.13. The lowest BCUT2D eigenvalue weighted by atomic mass is 10.1. The van der Waals surface area contributed by atoms with Crippen LogP contribution in [0.1, 0.15) is 52.9 Å². The summed E-state index contributed by atoms with van der Waals surface area (Å²) >= 11 is 0. The lowest BCUT2D eigenvalue weighted by Crippen LogP contribution is -2.39. The number of nitrogens with zero attached hydrogens (tertiary/aromatic N) is 2. The number of rotatable bonds is 6. The fraction of sp³-hybridized carbons (Fsp3) is 0.929. The molecule has 1 aliphatic rings. The smallest absolute Gasteiger partial charge is 0.188 e. The van der Waals surface area contributed by atoms with Crippen LogP contribution in [0.5, 0.6) is 0 Å². The van der Waals surface area contributed by atoms with Crippen LogP contribution in [-0.2, 0) is 0 Å². The van der Waals surface area contributed by atoms with Crippen molar-refractivity contribution in [3.63, 3.8) is 0 Å². The van der Waals surface area contributed by atoms with E-state index in [2.05, 4.69) is 36.0 Å². The van der Waals surface area contributed by atoms with Gasteiger partial charge in [0.1, 0.15) is 0 Å². The molecule has 1 rings (SSSR count). The molecule has 0 amide bonds. The summed E-state index contributed by atoms with van der Waals surface area (Å²) in [6, 6.07) is 1.04. The third-order valence-electron chi connectivity index (χ3n) is 3.85. The summed E-state index contributed by atoms with van der Waals surface area (Å²) in [5.41, 5.74) is 5.84. The van der Waals surface area contributed by atoms with E-state index < -0.39 is 0 Å². The molecule has 0 aromatic rings. The van der Waals surface area contributed by atoms with Crippen LogP contribution in [0.3, 0.4) is 0 Å². The summed E-state index contributed by atoms with van der Waals surface area (Å²) in [7, 11) is 0. The predicted octanol–water partition coefficient (Wildman–Crippen LogP) is 2.57. The molecule has 1 heterocycles. The van der Waals surface area contributed by atoms with Crippen LogP contribution in [-0.4, -0.2) is 42.6 Å². The molecule has 0 bridgehead atoms. The molecule has 1 aliphatic heterocycles. The predicted molar refractivity (Wildman–Crippen MR) is 94.3 cm³/mol.